The van der Waals surface area contributed by atoms with Crippen LogP contribution in [0.15, 0.2) is 16.5 Å². The maximum Gasteiger partial charge on any atom is 0.338 e. The summed E-state index contributed by atoms with van der Waals surface area (Å²) in [5, 5.41) is 9.31. The van der Waals surface area contributed by atoms with Gasteiger partial charge < -0.3 is 14.4 Å². The van der Waals surface area contributed by atoms with Crippen molar-refractivity contribution >= 4 is 34.7 Å². The third-order valence-electron chi connectivity index (χ3n) is 2.06. The molecule has 0 saturated carbocycles. The van der Waals surface area contributed by atoms with Crippen LogP contribution in [0, 0.1) is 0 Å². The Bertz CT molecular complexity index is 562. The van der Waals surface area contributed by atoms with Crippen molar-refractivity contribution in [2.45, 2.75) is 0 Å². The quantitative estimate of drug-likeness (QED) is 0.872. The van der Waals surface area contributed by atoms with Gasteiger partial charge in [0, 0.05) is 25.2 Å². The van der Waals surface area contributed by atoms with Crippen LogP contribution in [-0.2, 0) is 0 Å². The van der Waals surface area contributed by atoms with Crippen molar-refractivity contribution in [2.24, 2.45) is 0 Å². The van der Waals surface area contributed by atoms with Gasteiger partial charge in [-0.15, -0.1) is 0 Å². The summed E-state index contributed by atoms with van der Waals surface area (Å²) in [4.78, 5) is 16.7. The molecule has 0 bridgehead atoms. The number of anilines is 1. The minimum absolute atomic E-state index is 0.0411. The molecule has 2 aromatic rings. The van der Waals surface area contributed by atoms with Gasteiger partial charge in [0.25, 0.3) is 6.01 Å². The number of rotatable bonds is 2. The van der Waals surface area contributed by atoms with E-state index in [-0.39, 0.29) is 5.56 Å². The van der Waals surface area contributed by atoms with E-state index < -0.39 is 5.97 Å². The van der Waals surface area contributed by atoms with Crippen LogP contribution in [0.4, 0.5) is 6.01 Å². The average molecular weight is 241 g/mol. The molecule has 0 amide bonds. The van der Waals surface area contributed by atoms with Gasteiger partial charge in [-0.2, -0.15) is 4.98 Å². The molecule has 0 fully saturated rings. The average Bonchev–Trinajstić information content (AvgIpc) is 2.59. The van der Waals surface area contributed by atoms with E-state index in [1.54, 1.807) is 25.1 Å². The number of carboxylic acids is 1. The van der Waals surface area contributed by atoms with E-state index in [0.717, 1.165) is 0 Å². The molecule has 84 valence electrons. The van der Waals surface area contributed by atoms with Crippen LogP contribution in [0.1, 0.15) is 10.4 Å². The van der Waals surface area contributed by atoms with Crippen molar-refractivity contribution < 1.29 is 14.3 Å². The van der Waals surface area contributed by atoms with E-state index in [9.17, 15) is 4.79 Å². The predicted octanol–water partition coefficient (Wildman–Crippen LogP) is 2.25. The number of carbonyl (C=O) groups is 1. The normalized spacial score (nSPS) is 10.7. The lowest BCUT2D eigenvalue weighted by Crippen LogP contribution is -2.08. The number of oxazole rings is 1. The van der Waals surface area contributed by atoms with Gasteiger partial charge in [0.05, 0.1) is 5.56 Å². The lowest BCUT2D eigenvalue weighted by molar-refractivity contribution is 0.0699. The second-order valence-corrected chi connectivity index (χ2v) is 3.93. The summed E-state index contributed by atoms with van der Waals surface area (Å²) in [5.41, 5.74) is 0.716. The topological polar surface area (TPSA) is 66.6 Å². The molecule has 5 nitrogen and oxygen atoms in total. The number of halogens is 1. The first-order valence-electron chi connectivity index (χ1n) is 4.49. The van der Waals surface area contributed by atoms with Crippen molar-refractivity contribution in [2.75, 3.05) is 19.0 Å². The summed E-state index contributed by atoms with van der Waals surface area (Å²) < 4.78 is 5.37. The van der Waals surface area contributed by atoms with Crippen LogP contribution >= 0.6 is 11.6 Å². The first-order valence-corrected chi connectivity index (χ1v) is 4.87. The lowest BCUT2D eigenvalue weighted by atomic mass is 10.2. The largest absolute Gasteiger partial charge is 0.478 e. The molecule has 0 atom stereocenters. The summed E-state index contributed by atoms with van der Waals surface area (Å²) in [6, 6.07) is 3.25. The molecule has 0 saturated heterocycles. The fourth-order valence-electron chi connectivity index (χ4n) is 1.34. The van der Waals surface area contributed by atoms with Crippen molar-refractivity contribution in [3.8, 4) is 0 Å². The standard InChI is InChI=1S/C10H9ClN2O3/c1-13(2)10-12-8-6(9(14)15)3-5(11)4-7(8)16-10/h3-4H,1-2H3,(H,14,15). The van der Waals surface area contributed by atoms with E-state index in [1.165, 1.54) is 6.07 Å². The zero-order valence-electron chi connectivity index (χ0n) is 8.69. The van der Waals surface area contributed by atoms with Gasteiger partial charge in [-0.05, 0) is 6.07 Å². The Morgan fingerprint density at radius 1 is 1.50 bits per heavy atom. The third-order valence-corrected chi connectivity index (χ3v) is 2.28. The van der Waals surface area contributed by atoms with E-state index in [0.29, 0.717) is 22.1 Å². The molecule has 0 radical (unpaired) electrons. The summed E-state index contributed by atoms with van der Waals surface area (Å²) >= 11 is 5.79. The molecule has 1 aromatic heterocycles. The number of nitrogens with zero attached hydrogens (tertiary/aromatic N) is 2. The summed E-state index contributed by atoms with van der Waals surface area (Å²) in [7, 11) is 3.51. The Kier molecular flexibility index (Phi) is 2.47. The number of fused-ring (bicyclic) bond motifs is 1. The molecular formula is C10H9ClN2O3. The number of hydrogen-bond donors (Lipinski definition) is 1. The van der Waals surface area contributed by atoms with Crippen LogP contribution in [0.2, 0.25) is 5.02 Å². The first kappa shape index (κ1) is 10.8. The molecule has 0 unspecified atom stereocenters. The predicted molar refractivity (Wildman–Crippen MR) is 60.3 cm³/mol. The summed E-state index contributed by atoms with van der Waals surface area (Å²) in [6.07, 6.45) is 0. The van der Waals surface area contributed by atoms with Crippen molar-refractivity contribution in [3.63, 3.8) is 0 Å². The Morgan fingerprint density at radius 2 is 2.19 bits per heavy atom. The Morgan fingerprint density at radius 3 is 2.75 bits per heavy atom. The summed E-state index contributed by atoms with van der Waals surface area (Å²) in [6.45, 7) is 0. The molecular weight excluding hydrogens is 232 g/mol. The number of aromatic carboxylic acids is 1. The molecule has 0 aliphatic heterocycles. The second kappa shape index (κ2) is 3.68. The third kappa shape index (κ3) is 1.69. The van der Waals surface area contributed by atoms with Gasteiger partial charge in [0.2, 0.25) is 0 Å². The maximum atomic E-state index is 11.0. The van der Waals surface area contributed by atoms with Gasteiger partial charge in [0.1, 0.15) is 5.52 Å². The fourth-order valence-corrected chi connectivity index (χ4v) is 1.55. The minimum Gasteiger partial charge on any atom is -0.478 e. The molecule has 1 N–H and O–H groups in total. The molecule has 2 rings (SSSR count). The van der Waals surface area contributed by atoms with E-state index in [4.69, 9.17) is 21.1 Å². The molecule has 0 aliphatic rings. The zero-order chi connectivity index (χ0) is 11.9. The van der Waals surface area contributed by atoms with Crippen LogP contribution in [0.5, 0.6) is 0 Å². The van der Waals surface area contributed by atoms with E-state index in [1.807, 2.05) is 0 Å². The first-order chi connectivity index (χ1) is 7.49. The van der Waals surface area contributed by atoms with Gasteiger partial charge in [-0.25, -0.2) is 4.79 Å². The maximum absolute atomic E-state index is 11.0. The number of aromatic nitrogens is 1. The number of carboxylic acid groups (broad SMARTS) is 1. The highest BCUT2D eigenvalue weighted by Gasteiger charge is 2.16. The monoisotopic (exact) mass is 240 g/mol. The second-order valence-electron chi connectivity index (χ2n) is 3.50. The highest BCUT2D eigenvalue weighted by molar-refractivity contribution is 6.31. The summed E-state index contributed by atoms with van der Waals surface area (Å²) in [5.74, 6) is -1.08. The Hall–Kier alpha value is -1.75. The molecule has 1 aromatic carbocycles. The van der Waals surface area contributed by atoms with Crippen LogP contribution in [0.3, 0.4) is 0 Å². The minimum atomic E-state index is -1.08. The highest BCUT2D eigenvalue weighted by Crippen LogP contribution is 2.27. The fraction of sp³-hybridized carbons (Fsp3) is 0.200. The highest BCUT2D eigenvalue weighted by atomic mass is 35.5. The number of benzene rings is 1. The lowest BCUT2D eigenvalue weighted by Gasteiger charge is -2.03. The van der Waals surface area contributed by atoms with Crippen molar-refractivity contribution in [1.82, 2.24) is 4.98 Å². The van der Waals surface area contributed by atoms with Crippen LogP contribution in [-0.4, -0.2) is 30.2 Å². The molecule has 16 heavy (non-hydrogen) atoms. The van der Waals surface area contributed by atoms with Gasteiger partial charge in [0.15, 0.2) is 5.58 Å². The van der Waals surface area contributed by atoms with Crippen molar-refractivity contribution in [3.05, 3.63) is 22.7 Å². The Balaban J connectivity index is 2.75. The zero-order valence-corrected chi connectivity index (χ0v) is 9.45. The van der Waals surface area contributed by atoms with Crippen LogP contribution in [0.25, 0.3) is 11.1 Å². The number of hydrogen-bond acceptors (Lipinski definition) is 4. The molecule has 0 spiro atoms. The van der Waals surface area contributed by atoms with Gasteiger partial charge in [-0.1, -0.05) is 11.6 Å². The smallest absolute Gasteiger partial charge is 0.338 e. The molecule has 0 aliphatic carbocycles. The van der Waals surface area contributed by atoms with Gasteiger partial charge in [-0.3, -0.25) is 0 Å². The Labute approximate surface area is 96.2 Å². The van der Waals surface area contributed by atoms with Crippen LogP contribution < -0.4 is 4.90 Å². The van der Waals surface area contributed by atoms with E-state index in [2.05, 4.69) is 4.98 Å². The molecule has 1 heterocycles. The van der Waals surface area contributed by atoms with E-state index >= 15 is 0 Å². The van der Waals surface area contributed by atoms with Gasteiger partial charge >= 0.3 is 5.97 Å². The van der Waals surface area contributed by atoms with Crippen molar-refractivity contribution in [1.29, 1.82) is 0 Å². The SMILES string of the molecule is CN(C)c1nc2c(C(=O)O)cc(Cl)cc2o1. The molecule has 6 heteroatoms.